The molecule has 1 heterocycles. The van der Waals surface area contributed by atoms with Gasteiger partial charge in [0.2, 0.25) is 5.91 Å². The Morgan fingerprint density at radius 1 is 1.64 bits per heavy atom. The standard InChI is InChI=1S/C9H18N2O3/c1-3-13-7(2)14-6-8-4-5-9(12)11(8)10/h7-8H,3-6,10H2,1-2H3. The molecule has 0 saturated carbocycles. The first-order valence-electron chi connectivity index (χ1n) is 4.95. The Kier molecular flexibility index (Phi) is 4.31. The maximum Gasteiger partial charge on any atom is 0.236 e. The summed E-state index contributed by atoms with van der Waals surface area (Å²) in [6.45, 7) is 4.82. The zero-order valence-electron chi connectivity index (χ0n) is 8.73. The topological polar surface area (TPSA) is 64.8 Å². The molecule has 1 fully saturated rings. The number of carbonyl (C=O) groups is 1. The Morgan fingerprint density at radius 3 is 2.86 bits per heavy atom. The number of rotatable bonds is 5. The lowest BCUT2D eigenvalue weighted by atomic mass is 10.2. The molecule has 0 aromatic carbocycles. The van der Waals surface area contributed by atoms with Gasteiger partial charge in [-0.1, -0.05) is 0 Å². The summed E-state index contributed by atoms with van der Waals surface area (Å²) < 4.78 is 10.6. The average Bonchev–Trinajstić information content (AvgIpc) is 2.46. The number of hydrogen-bond acceptors (Lipinski definition) is 4. The molecular formula is C9H18N2O3. The molecule has 1 saturated heterocycles. The number of hydrogen-bond donors (Lipinski definition) is 1. The molecule has 14 heavy (non-hydrogen) atoms. The summed E-state index contributed by atoms with van der Waals surface area (Å²) in [6.07, 6.45) is 1.06. The Labute approximate surface area is 84.1 Å². The zero-order chi connectivity index (χ0) is 10.6. The van der Waals surface area contributed by atoms with E-state index in [-0.39, 0.29) is 18.2 Å². The van der Waals surface area contributed by atoms with Crippen molar-refractivity contribution in [1.82, 2.24) is 5.01 Å². The van der Waals surface area contributed by atoms with Crippen LogP contribution in [-0.4, -0.2) is 36.5 Å². The van der Waals surface area contributed by atoms with Gasteiger partial charge in [0, 0.05) is 13.0 Å². The number of nitrogens with two attached hydrogens (primary N) is 1. The van der Waals surface area contributed by atoms with E-state index in [1.807, 2.05) is 13.8 Å². The normalized spacial score (nSPS) is 24.4. The van der Waals surface area contributed by atoms with E-state index >= 15 is 0 Å². The van der Waals surface area contributed by atoms with E-state index < -0.39 is 0 Å². The molecule has 5 nitrogen and oxygen atoms in total. The first kappa shape index (κ1) is 11.4. The quantitative estimate of drug-likeness (QED) is 0.394. The molecule has 82 valence electrons. The molecule has 0 aliphatic carbocycles. The predicted molar refractivity (Wildman–Crippen MR) is 51.1 cm³/mol. The molecule has 1 amide bonds. The second kappa shape index (κ2) is 5.29. The van der Waals surface area contributed by atoms with Crippen molar-refractivity contribution in [2.45, 2.75) is 39.0 Å². The van der Waals surface area contributed by atoms with Crippen molar-refractivity contribution in [1.29, 1.82) is 0 Å². The maximum absolute atomic E-state index is 11.1. The molecule has 0 bridgehead atoms. The monoisotopic (exact) mass is 202 g/mol. The first-order valence-corrected chi connectivity index (χ1v) is 4.95. The van der Waals surface area contributed by atoms with Gasteiger partial charge in [-0.3, -0.25) is 9.80 Å². The van der Waals surface area contributed by atoms with Gasteiger partial charge in [0.25, 0.3) is 0 Å². The van der Waals surface area contributed by atoms with Gasteiger partial charge in [-0.15, -0.1) is 0 Å². The van der Waals surface area contributed by atoms with E-state index in [4.69, 9.17) is 15.3 Å². The van der Waals surface area contributed by atoms with Crippen molar-refractivity contribution in [3.8, 4) is 0 Å². The Bertz CT molecular complexity index is 198. The first-order chi connectivity index (χ1) is 6.65. The van der Waals surface area contributed by atoms with Crippen LogP contribution in [0.2, 0.25) is 0 Å². The van der Waals surface area contributed by atoms with Crippen molar-refractivity contribution in [2.75, 3.05) is 13.2 Å². The molecule has 0 aromatic heterocycles. The lowest BCUT2D eigenvalue weighted by Crippen LogP contribution is -2.42. The van der Waals surface area contributed by atoms with Crippen molar-refractivity contribution >= 4 is 5.91 Å². The van der Waals surface area contributed by atoms with Gasteiger partial charge < -0.3 is 9.47 Å². The summed E-state index contributed by atoms with van der Waals surface area (Å²) in [7, 11) is 0. The summed E-state index contributed by atoms with van der Waals surface area (Å²) in [6, 6.07) is 0.00501. The second-order valence-electron chi connectivity index (χ2n) is 3.35. The van der Waals surface area contributed by atoms with Gasteiger partial charge in [-0.05, 0) is 20.3 Å². The highest BCUT2D eigenvalue weighted by Crippen LogP contribution is 2.15. The molecule has 2 N–H and O–H groups in total. The zero-order valence-corrected chi connectivity index (χ0v) is 8.73. The molecule has 5 heteroatoms. The molecule has 2 atom stereocenters. The molecule has 0 spiro atoms. The highest BCUT2D eigenvalue weighted by atomic mass is 16.7. The van der Waals surface area contributed by atoms with Crippen molar-refractivity contribution in [3.63, 3.8) is 0 Å². The van der Waals surface area contributed by atoms with Crippen molar-refractivity contribution in [3.05, 3.63) is 0 Å². The minimum Gasteiger partial charge on any atom is -0.353 e. The Morgan fingerprint density at radius 2 is 2.36 bits per heavy atom. The van der Waals surface area contributed by atoms with Crippen molar-refractivity contribution in [2.24, 2.45) is 5.84 Å². The fourth-order valence-electron chi connectivity index (χ4n) is 1.45. The second-order valence-corrected chi connectivity index (χ2v) is 3.35. The van der Waals surface area contributed by atoms with E-state index in [1.165, 1.54) is 5.01 Å². The number of nitrogens with zero attached hydrogens (tertiary/aromatic N) is 1. The summed E-state index contributed by atoms with van der Waals surface area (Å²) in [5.41, 5.74) is 0. The molecule has 1 rings (SSSR count). The minimum atomic E-state index is -0.232. The highest BCUT2D eigenvalue weighted by Gasteiger charge is 2.28. The predicted octanol–water partition coefficient (Wildman–Crippen LogP) is 0.250. The smallest absolute Gasteiger partial charge is 0.236 e. The summed E-state index contributed by atoms with van der Waals surface area (Å²) in [5, 5.41) is 1.26. The average molecular weight is 202 g/mol. The highest BCUT2D eigenvalue weighted by molar-refractivity contribution is 5.78. The summed E-state index contributed by atoms with van der Waals surface area (Å²) in [5.74, 6) is 5.53. The van der Waals surface area contributed by atoms with Crippen molar-refractivity contribution < 1.29 is 14.3 Å². The molecule has 1 aliphatic rings. The van der Waals surface area contributed by atoms with Gasteiger partial charge in [0.05, 0.1) is 12.6 Å². The maximum atomic E-state index is 11.1. The van der Waals surface area contributed by atoms with Crippen LogP contribution in [-0.2, 0) is 14.3 Å². The SMILES string of the molecule is CCOC(C)OCC1CCC(=O)N1N. The minimum absolute atomic E-state index is 0.00501. The molecule has 0 aromatic rings. The third-order valence-corrected chi connectivity index (χ3v) is 2.30. The number of carbonyl (C=O) groups excluding carboxylic acids is 1. The summed E-state index contributed by atoms with van der Waals surface area (Å²) >= 11 is 0. The van der Waals surface area contributed by atoms with Crippen LogP contribution in [0.5, 0.6) is 0 Å². The fraction of sp³-hybridized carbons (Fsp3) is 0.889. The van der Waals surface area contributed by atoms with Crippen LogP contribution in [0.1, 0.15) is 26.7 Å². The largest absolute Gasteiger partial charge is 0.353 e. The number of hydrazine groups is 1. The van der Waals surface area contributed by atoms with Crippen LogP contribution in [0.4, 0.5) is 0 Å². The van der Waals surface area contributed by atoms with Crippen LogP contribution < -0.4 is 5.84 Å². The lowest BCUT2D eigenvalue weighted by molar-refractivity contribution is -0.143. The van der Waals surface area contributed by atoms with Gasteiger partial charge in [0.15, 0.2) is 6.29 Å². The summed E-state index contributed by atoms with van der Waals surface area (Å²) in [4.78, 5) is 11.1. The molecular weight excluding hydrogens is 184 g/mol. The van der Waals surface area contributed by atoms with Crippen LogP contribution >= 0.6 is 0 Å². The van der Waals surface area contributed by atoms with Gasteiger partial charge in [-0.2, -0.15) is 0 Å². The van der Waals surface area contributed by atoms with Gasteiger partial charge in [-0.25, -0.2) is 5.84 Å². The third-order valence-electron chi connectivity index (χ3n) is 2.30. The van der Waals surface area contributed by atoms with Gasteiger partial charge in [0.1, 0.15) is 0 Å². The fourth-order valence-corrected chi connectivity index (χ4v) is 1.45. The Balaban J connectivity index is 2.21. The van der Waals surface area contributed by atoms with Gasteiger partial charge >= 0.3 is 0 Å². The van der Waals surface area contributed by atoms with Crippen LogP contribution in [0.25, 0.3) is 0 Å². The van der Waals surface area contributed by atoms with E-state index in [0.29, 0.717) is 19.6 Å². The molecule has 2 unspecified atom stereocenters. The lowest BCUT2D eigenvalue weighted by Gasteiger charge is -2.21. The van der Waals surface area contributed by atoms with Crippen LogP contribution in [0, 0.1) is 0 Å². The Hall–Kier alpha value is -0.650. The third kappa shape index (κ3) is 2.94. The van der Waals surface area contributed by atoms with E-state index in [1.54, 1.807) is 0 Å². The molecule has 0 radical (unpaired) electrons. The number of ether oxygens (including phenoxy) is 2. The van der Waals surface area contributed by atoms with Crippen LogP contribution in [0.15, 0.2) is 0 Å². The number of amides is 1. The van der Waals surface area contributed by atoms with E-state index in [2.05, 4.69) is 0 Å². The van der Waals surface area contributed by atoms with Crippen LogP contribution in [0.3, 0.4) is 0 Å². The molecule has 1 aliphatic heterocycles. The van der Waals surface area contributed by atoms with E-state index in [9.17, 15) is 4.79 Å². The van der Waals surface area contributed by atoms with E-state index in [0.717, 1.165) is 6.42 Å².